The van der Waals surface area contributed by atoms with Gasteiger partial charge in [0, 0.05) is 29.7 Å². The number of allylic oxidation sites excluding steroid dienone is 4. The zero-order valence-corrected chi connectivity index (χ0v) is 21.7. The molecule has 0 aliphatic carbocycles. The number of nitroso groups, excluding NO2 is 1. The standard InChI is InChI=1S/C27H29N3O3.C3H8/c1-19-16-24(11-12-26(19)31)27(32)29-25(13-14-28-33)17-22-7-9-23(10-8-22)20(2)18-30-15-5-4-6-21(30)3;1-3-2/h4-12,15-16,18,25,31H,3,13-14,17H2,1-2H3,(H,29,32);3H2,1-2H3/b20-18+;. The van der Waals surface area contributed by atoms with E-state index in [9.17, 15) is 14.8 Å². The van der Waals surface area contributed by atoms with E-state index in [0.717, 1.165) is 22.4 Å². The average molecular weight is 488 g/mol. The van der Waals surface area contributed by atoms with Crippen molar-refractivity contribution in [3.05, 3.63) is 113 Å². The van der Waals surface area contributed by atoms with Crippen molar-refractivity contribution in [2.45, 2.75) is 53.0 Å². The van der Waals surface area contributed by atoms with Crippen LogP contribution in [0.15, 0.2) is 90.5 Å². The number of benzene rings is 2. The van der Waals surface area contributed by atoms with Gasteiger partial charge < -0.3 is 15.3 Å². The van der Waals surface area contributed by atoms with Crippen LogP contribution in [0, 0.1) is 11.8 Å². The first-order valence-electron chi connectivity index (χ1n) is 12.3. The van der Waals surface area contributed by atoms with E-state index in [0.29, 0.717) is 24.0 Å². The topological polar surface area (TPSA) is 82.0 Å². The van der Waals surface area contributed by atoms with Crippen molar-refractivity contribution in [1.82, 2.24) is 10.2 Å². The van der Waals surface area contributed by atoms with Crippen LogP contribution >= 0.6 is 0 Å². The number of rotatable bonds is 9. The Morgan fingerprint density at radius 3 is 2.42 bits per heavy atom. The van der Waals surface area contributed by atoms with E-state index in [1.54, 1.807) is 19.1 Å². The molecular weight excluding hydrogens is 450 g/mol. The number of aryl methyl sites for hydroxylation is 1. The van der Waals surface area contributed by atoms with Crippen molar-refractivity contribution in [3.63, 3.8) is 0 Å². The van der Waals surface area contributed by atoms with Gasteiger partial charge >= 0.3 is 0 Å². The van der Waals surface area contributed by atoms with Gasteiger partial charge in [-0.3, -0.25) is 4.79 Å². The predicted molar refractivity (Wildman–Crippen MR) is 148 cm³/mol. The highest BCUT2D eigenvalue weighted by molar-refractivity contribution is 5.94. The average Bonchev–Trinajstić information content (AvgIpc) is 2.86. The Bertz CT molecular complexity index is 1130. The molecular formula is C30H37N3O3. The smallest absolute Gasteiger partial charge is 0.251 e. The summed E-state index contributed by atoms with van der Waals surface area (Å²) in [4.78, 5) is 25.4. The Labute approximate surface area is 214 Å². The second-order valence-electron chi connectivity index (χ2n) is 8.83. The Kier molecular flexibility index (Phi) is 11.4. The molecule has 0 saturated heterocycles. The van der Waals surface area contributed by atoms with Gasteiger partial charge in [0.1, 0.15) is 5.75 Å². The van der Waals surface area contributed by atoms with Gasteiger partial charge in [0.25, 0.3) is 5.91 Å². The van der Waals surface area contributed by atoms with Crippen LogP contribution in [0.5, 0.6) is 5.75 Å². The summed E-state index contributed by atoms with van der Waals surface area (Å²) in [5.41, 5.74) is 5.24. The predicted octanol–water partition coefficient (Wildman–Crippen LogP) is 6.87. The lowest BCUT2D eigenvalue weighted by molar-refractivity contribution is 0.0935. The molecule has 0 spiro atoms. The van der Waals surface area contributed by atoms with E-state index in [1.807, 2.05) is 66.7 Å². The molecule has 0 saturated carbocycles. The third-order valence-electron chi connectivity index (χ3n) is 5.57. The number of carbonyl (C=O) groups excluding carboxylic acids is 1. The lowest BCUT2D eigenvalue weighted by Crippen LogP contribution is -2.37. The van der Waals surface area contributed by atoms with Crippen LogP contribution in [0.2, 0.25) is 0 Å². The molecule has 0 aromatic heterocycles. The molecule has 1 unspecified atom stereocenters. The van der Waals surface area contributed by atoms with Gasteiger partial charge in [-0.25, -0.2) is 0 Å². The molecule has 190 valence electrons. The molecule has 2 aromatic carbocycles. The Balaban J connectivity index is 0.00000145. The Morgan fingerprint density at radius 1 is 1.14 bits per heavy atom. The quantitative estimate of drug-likeness (QED) is 0.378. The van der Waals surface area contributed by atoms with Gasteiger partial charge in [0.2, 0.25) is 0 Å². The Morgan fingerprint density at radius 2 is 1.81 bits per heavy atom. The maximum atomic E-state index is 12.7. The number of phenols is 1. The number of amides is 1. The van der Waals surface area contributed by atoms with E-state index in [2.05, 4.69) is 30.9 Å². The molecule has 6 heteroatoms. The van der Waals surface area contributed by atoms with Crippen LogP contribution in [-0.2, 0) is 6.42 Å². The van der Waals surface area contributed by atoms with Gasteiger partial charge in [0.15, 0.2) is 0 Å². The summed E-state index contributed by atoms with van der Waals surface area (Å²) in [6.07, 6.45) is 12.1. The minimum Gasteiger partial charge on any atom is -0.508 e. The molecule has 2 N–H and O–H groups in total. The van der Waals surface area contributed by atoms with Crippen molar-refractivity contribution >= 4 is 11.5 Å². The number of carbonyl (C=O) groups is 1. The summed E-state index contributed by atoms with van der Waals surface area (Å²) < 4.78 is 0. The summed E-state index contributed by atoms with van der Waals surface area (Å²) >= 11 is 0. The molecule has 36 heavy (non-hydrogen) atoms. The fourth-order valence-corrected chi connectivity index (χ4v) is 3.59. The van der Waals surface area contributed by atoms with Crippen LogP contribution in [0.1, 0.15) is 60.7 Å². The van der Waals surface area contributed by atoms with E-state index in [-0.39, 0.29) is 24.2 Å². The van der Waals surface area contributed by atoms with Crippen molar-refractivity contribution in [2.24, 2.45) is 5.18 Å². The lowest BCUT2D eigenvalue weighted by Gasteiger charge is -2.20. The highest BCUT2D eigenvalue weighted by atomic mass is 16.3. The largest absolute Gasteiger partial charge is 0.508 e. The molecule has 2 aromatic rings. The third-order valence-corrected chi connectivity index (χ3v) is 5.57. The van der Waals surface area contributed by atoms with Crippen LogP contribution in [0.4, 0.5) is 0 Å². The molecule has 0 bridgehead atoms. The molecule has 0 radical (unpaired) electrons. The number of phenolic OH excluding ortho intramolecular Hbond substituents is 1. The number of nitrogens with zero attached hydrogens (tertiary/aromatic N) is 2. The van der Waals surface area contributed by atoms with Gasteiger partial charge in [-0.1, -0.05) is 62.4 Å². The van der Waals surface area contributed by atoms with Gasteiger partial charge in [-0.05, 0) is 79.3 Å². The maximum absolute atomic E-state index is 12.7. The molecule has 1 aliphatic rings. The highest BCUT2D eigenvalue weighted by Crippen LogP contribution is 2.21. The van der Waals surface area contributed by atoms with Crippen molar-refractivity contribution < 1.29 is 9.90 Å². The summed E-state index contributed by atoms with van der Waals surface area (Å²) in [7, 11) is 0. The van der Waals surface area contributed by atoms with Crippen LogP contribution < -0.4 is 5.32 Å². The van der Waals surface area contributed by atoms with E-state index in [1.165, 1.54) is 12.5 Å². The minimum absolute atomic E-state index is 0.126. The van der Waals surface area contributed by atoms with E-state index in [4.69, 9.17) is 0 Å². The Hall–Kier alpha value is -3.93. The summed E-state index contributed by atoms with van der Waals surface area (Å²) in [6.45, 7) is 12.2. The van der Waals surface area contributed by atoms with Gasteiger partial charge in [-0.15, -0.1) is 0 Å². The number of hydrogen-bond acceptors (Lipinski definition) is 5. The zero-order chi connectivity index (χ0) is 26.5. The molecule has 6 nitrogen and oxygen atoms in total. The third kappa shape index (κ3) is 8.69. The van der Waals surface area contributed by atoms with Crippen LogP contribution in [0.3, 0.4) is 0 Å². The molecule has 1 amide bonds. The summed E-state index contributed by atoms with van der Waals surface area (Å²) in [5, 5.41) is 15.6. The minimum atomic E-state index is -0.242. The molecule has 1 aliphatic heterocycles. The second kappa shape index (κ2) is 14.5. The van der Waals surface area contributed by atoms with Crippen molar-refractivity contribution in [1.29, 1.82) is 0 Å². The first-order valence-corrected chi connectivity index (χ1v) is 12.3. The first kappa shape index (κ1) is 28.3. The van der Waals surface area contributed by atoms with Gasteiger partial charge in [0.05, 0.1) is 6.54 Å². The molecule has 0 fully saturated rings. The van der Waals surface area contributed by atoms with Crippen molar-refractivity contribution in [2.75, 3.05) is 6.54 Å². The number of hydrogen-bond donors (Lipinski definition) is 2. The van der Waals surface area contributed by atoms with E-state index < -0.39 is 0 Å². The number of nitrogens with one attached hydrogen (secondary N) is 1. The maximum Gasteiger partial charge on any atom is 0.251 e. The SMILES string of the molecule is C=C1C=CC=CN1/C=C(\C)c1ccc(CC(CCN=O)NC(=O)c2ccc(O)c(C)c2)cc1.CCC. The second-order valence-corrected chi connectivity index (χ2v) is 8.83. The zero-order valence-electron chi connectivity index (χ0n) is 21.7. The number of aromatic hydroxyl groups is 1. The van der Waals surface area contributed by atoms with Gasteiger partial charge in [-0.2, -0.15) is 4.91 Å². The monoisotopic (exact) mass is 487 g/mol. The van der Waals surface area contributed by atoms with Crippen LogP contribution in [-0.4, -0.2) is 28.5 Å². The fourth-order valence-electron chi connectivity index (χ4n) is 3.59. The van der Waals surface area contributed by atoms with Crippen LogP contribution in [0.25, 0.3) is 5.57 Å². The summed E-state index contributed by atoms with van der Waals surface area (Å²) in [6, 6.07) is 12.7. The first-order chi connectivity index (χ1) is 17.3. The highest BCUT2D eigenvalue weighted by Gasteiger charge is 2.16. The fraction of sp³-hybridized carbons (Fsp3) is 0.300. The normalized spacial score (nSPS) is 13.6. The lowest BCUT2D eigenvalue weighted by atomic mass is 9.99. The summed E-state index contributed by atoms with van der Waals surface area (Å²) in [5.74, 6) is -0.0944. The van der Waals surface area contributed by atoms with Crippen molar-refractivity contribution in [3.8, 4) is 5.75 Å². The molecule has 1 heterocycles. The molecule has 3 rings (SSSR count). The van der Waals surface area contributed by atoms with E-state index >= 15 is 0 Å². The molecule has 1 atom stereocenters.